The molecule has 0 saturated carbocycles. The molecule has 1 N–H and O–H groups in total. The molecule has 40 heavy (non-hydrogen) atoms. The molecule has 9 nitrogen and oxygen atoms in total. The zero-order valence-electron chi connectivity index (χ0n) is 23.1. The summed E-state index contributed by atoms with van der Waals surface area (Å²) >= 11 is 0. The number of aromatic nitrogens is 5. The van der Waals surface area contributed by atoms with Gasteiger partial charge in [-0.15, -0.1) is 0 Å². The third-order valence-corrected chi connectivity index (χ3v) is 7.93. The van der Waals surface area contributed by atoms with Gasteiger partial charge in [-0.05, 0) is 64.8 Å². The summed E-state index contributed by atoms with van der Waals surface area (Å²) in [5, 5.41) is 3.01. The molecule has 3 aliphatic heterocycles. The molecule has 7 rings (SSSR count). The molecule has 1 aromatic carbocycles. The minimum Gasteiger partial charge on any atom is -0.334 e. The van der Waals surface area contributed by atoms with Gasteiger partial charge in [-0.1, -0.05) is 0 Å². The SMILES string of the molecule is Cc1nc(Nc2ncc(F)c(-c3cc(F)c4nc(C)n(C(C)C)c4c3)n2)ccc1C(=O)N1CCN2CCC1CC2. The van der Waals surface area contributed by atoms with E-state index in [-0.39, 0.29) is 40.7 Å². The van der Waals surface area contributed by atoms with Crippen LogP contribution in [0.5, 0.6) is 0 Å². The fourth-order valence-electron chi connectivity index (χ4n) is 5.97. The van der Waals surface area contributed by atoms with Crippen LogP contribution < -0.4 is 5.32 Å². The number of halogens is 2. The van der Waals surface area contributed by atoms with Gasteiger partial charge in [0.05, 0.1) is 23.0 Å². The molecule has 0 unspecified atom stereocenters. The van der Waals surface area contributed by atoms with Gasteiger partial charge in [-0.2, -0.15) is 0 Å². The number of nitrogens with zero attached hydrogens (tertiary/aromatic N) is 7. The number of nitrogens with one attached hydrogen (secondary N) is 1. The number of aryl methyl sites for hydroxylation is 2. The Kier molecular flexibility index (Phi) is 6.69. The van der Waals surface area contributed by atoms with Crippen molar-refractivity contribution in [3.8, 4) is 11.3 Å². The number of hydrogen-bond donors (Lipinski definition) is 1. The minimum absolute atomic E-state index is 0.00101. The molecule has 3 saturated heterocycles. The highest BCUT2D eigenvalue weighted by molar-refractivity contribution is 5.95. The van der Waals surface area contributed by atoms with Gasteiger partial charge in [0.2, 0.25) is 5.95 Å². The maximum Gasteiger partial charge on any atom is 0.255 e. The lowest BCUT2D eigenvalue weighted by Gasteiger charge is -2.31. The average Bonchev–Trinajstić information content (AvgIpc) is 3.04. The Morgan fingerprint density at radius 3 is 2.50 bits per heavy atom. The number of imidazole rings is 1. The number of carbonyl (C=O) groups is 1. The summed E-state index contributed by atoms with van der Waals surface area (Å²) < 4.78 is 31.8. The quantitative estimate of drug-likeness (QED) is 0.376. The Bertz CT molecular complexity index is 1610. The van der Waals surface area contributed by atoms with Crippen LogP contribution in [0.2, 0.25) is 0 Å². The standard InChI is InChI=1S/C29H32F2N8O/c1-16(2)39-18(4)34-27-22(30)13-19(14-24(27)39)26-23(31)15-32-29(36-26)35-25-6-5-21(17(3)33-25)28(40)38-12-11-37-9-7-20(38)8-10-37/h5-6,13-16,20H,7-12H2,1-4H3,(H,32,33,35,36). The molecule has 1 amide bonds. The van der Waals surface area contributed by atoms with Crippen molar-refractivity contribution < 1.29 is 13.6 Å². The van der Waals surface area contributed by atoms with E-state index in [2.05, 4.69) is 30.2 Å². The highest BCUT2D eigenvalue weighted by atomic mass is 19.1. The van der Waals surface area contributed by atoms with Crippen LogP contribution in [-0.4, -0.2) is 72.4 Å². The number of anilines is 2. The van der Waals surface area contributed by atoms with Crippen molar-refractivity contribution >= 4 is 28.7 Å². The Labute approximate surface area is 231 Å². The predicted octanol–water partition coefficient (Wildman–Crippen LogP) is 5.03. The normalized spacial score (nSPS) is 18.9. The fourth-order valence-corrected chi connectivity index (χ4v) is 5.97. The fraction of sp³-hybridized carbons (Fsp3) is 0.414. The Hall–Kier alpha value is -3.99. The van der Waals surface area contributed by atoms with Crippen LogP contribution in [0.4, 0.5) is 20.5 Å². The lowest BCUT2D eigenvalue weighted by atomic mass is 10.0. The van der Waals surface area contributed by atoms with E-state index in [0.29, 0.717) is 28.4 Å². The largest absolute Gasteiger partial charge is 0.334 e. The first-order valence-electron chi connectivity index (χ1n) is 13.7. The third-order valence-electron chi connectivity index (χ3n) is 7.93. The predicted molar refractivity (Wildman–Crippen MR) is 149 cm³/mol. The first-order valence-corrected chi connectivity index (χ1v) is 13.7. The molecule has 11 heteroatoms. The van der Waals surface area contributed by atoms with Gasteiger partial charge in [0, 0.05) is 43.8 Å². The highest BCUT2D eigenvalue weighted by Crippen LogP contribution is 2.31. The van der Waals surface area contributed by atoms with Crippen molar-refractivity contribution in [3.05, 3.63) is 59.2 Å². The molecular weight excluding hydrogens is 514 g/mol. The lowest BCUT2D eigenvalue weighted by molar-refractivity contribution is 0.0683. The van der Waals surface area contributed by atoms with Gasteiger partial charge >= 0.3 is 0 Å². The summed E-state index contributed by atoms with van der Waals surface area (Å²) in [5.41, 5.74) is 2.20. The molecule has 0 atom stereocenters. The molecule has 4 aromatic rings. The van der Waals surface area contributed by atoms with Crippen LogP contribution >= 0.6 is 0 Å². The van der Waals surface area contributed by atoms with Gasteiger partial charge in [0.15, 0.2) is 11.6 Å². The van der Waals surface area contributed by atoms with E-state index in [0.717, 1.165) is 45.2 Å². The molecule has 3 aromatic heterocycles. The minimum atomic E-state index is -0.676. The van der Waals surface area contributed by atoms with E-state index in [1.807, 2.05) is 30.2 Å². The van der Waals surface area contributed by atoms with Crippen molar-refractivity contribution in [3.63, 3.8) is 0 Å². The van der Waals surface area contributed by atoms with Gasteiger partial charge in [-0.25, -0.2) is 28.7 Å². The highest BCUT2D eigenvalue weighted by Gasteiger charge is 2.33. The summed E-state index contributed by atoms with van der Waals surface area (Å²) in [7, 11) is 0. The van der Waals surface area contributed by atoms with Gasteiger partial charge < -0.3 is 19.7 Å². The van der Waals surface area contributed by atoms with E-state index in [1.165, 1.54) is 6.07 Å². The monoisotopic (exact) mass is 546 g/mol. The number of piperidine rings is 1. The van der Waals surface area contributed by atoms with E-state index in [1.54, 1.807) is 25.1 Å². The van der Waals surface area contributed by atoms with Crippen molar-refractivity contribution in [2.75, 3.05) is 31.5 Å². The van der Waals surface area contributed by atoms with Gasteiger partial charge in [0.1, 0.15) is 22.9 Å². The summed E-state index contributed by atoms with van der Waals surface area (Å²) in [6, 6.07) is 6.70. The molecule has 6 heterocycles. The number of rotatable bonds is 5. The molecule has 0 spiro atoms. The topological polar surface area (TPSA) is 92.1 Å². The summed E-state index contributed by atoms with van der Waals surface area (Å²) in [4.78, 5) is 35.1. The molecule has 3 aliphatic rings. The number of fused-ring (bicyclic) bond motifs is 5. The lowest BCUT2D eigenvalue weighted by Crippen LogP contribution is -2.41. The number of amides is 1. The van der Waals surface area contributed by atoms with Crippen LogP contribution in [0.1, 0.15) is 54.6 Å². The number of benzene rings is 1. The van der Waals surface area contributed by atoms with Crippen molar-refractivity contribution in [2.24, 2.45) is 0 Å². The van der Waals surface area contributed by atoms with Crippen LogP contribution in [0, 0.1) is 25.5 Å². The zero-order valence-corrected chi connectivity index (χ0v) is 23.1. The van der Waals surface area contributed by atoms with Crippen LogP contribution in [0.15, 0.2) is 30.5 Å². The van der Waals surface area contributed by atoms with E-state index < -0.39 is 11.6 Å². The average molecular weight is 547 g/mol. The second kappa shape index (κ2) is 10.2. The summed E-state index contributed by atoms with van der Waals surface area (Å²) in [6.07, 6.45) is 3.05. The zero-order chi connectivity index (χ0) is 28.1. The van der Waals surface area contributed by atoms with Crippen LogP contribution in [-0.2, 0) is 0 Å². The van der Waals surface area contributed by atoms with Crippen LogP contribution in [0.25, 0.3) is 22.3 Å². The third kappa shape index (κ3) is 4.68. The van der Waals surface area contributed by atoms with E-state index in [9.17, 15) is 9.18 Å². The van der Waals surface area contributed by atoms with Crippen LogP contribution in [0.3, 0.4) is 0 Å². The first-order chi connectivity index (χ1) is 19.2. The molecule has 208 valence electrons. The first kappa shape index (κ1) is 26.2. The van der Waals surface area contributed by atoms with Crippen molar-refractivity contribution in [2.45, 2.75) is 52.6 Å². The number of carbonyl (C=O) groups excluding carboxylic acids is 1. The molecule has 0 aliphatic carbocycles. The van der Waals surface area contributed by atoms with Crippen molar-refractivity contribution in [1.29, 1.82) is 0 Å². The summed E-state index contributed by atoms with van der Waals surface area (Å²) in [5.74, 6) is -0.0194. The van der Waals surface area contributed by atoms with Crippen molar-refractivity contribution in [1.82, 2.24) is 34.3 Å². The second-order valence-electron chi connectivity index (χ2n) is 10.9. The molecule has 0 radical (unpaired) electrons. The van der Waals surface area contributed by atoms with Gasteiger partial charge in [-0.3, -0.25) is 4.79 Å². The number of hydrogen-bond acceptors (Lipinski definition) is 7. The molecular formula is C29H32F2N8O. The Morgan fingerprint density at radius 2 is 1.77 bits per heavy atom. The molecule has 3 fully saturated rings. The second-order valence-corrected chi connectivity index (χ2v) is 10.9. The number of pyridine rings is 1. The maximum absolute atomic E-state index is 15.0. The smallest absolute Gasteiger partial charge is 0.255 e. The molecule has 2 bridgehead atoms. The Morgan fingerprint density at radius 1 is 1.00 bits per heavy atom. The van der Waals surface area contributed by atoms with Gasteiger partial charge in [0.25, 0.3) is 5.91 Å². The summed E-state index contributed by atoms with van der Waals surface area (Å²) in [6.45, 7) is 11.3. The maximum atomic E-state index is 15.0. The van der Waals surface area contributed by atoms with E-state index >= 15 is 4.39 Å². The van der Waals surface area contributed by atoms with E-state index in [4.69, 9.17) is 0 Å². The Balaban J connectivity index is 1.27.